The number of fused-ring (bicyclic) bond motifs is 1. The van der Waals surface area contributed by atoms with Gasteiger partial charge in [0.15, 0.2) is 0 Å². The third-order valence-electron chi connectivity index (χ3n) is 7.07. The van der Waals surface area contributed by atoms with Crippen molar-refractivity contribution >= 4 is 29.8 Å². The first-order valence-electron chi connectivity index (χ1n) is 12.0. The van der Waals surface area contributed by atoms with Crippen LogP contribution in [0, 0.1) is 5.82 Å². The Morgan fingerprint density at radius 2 is 1.39 bits per heavy atom. The first-order valence-corrected chi connectivity index (χ1v) is 15.7. The molecule has 1 aliphatic rings. The van der Waals surface area contributed by atoms with Crippen molar-refractivity contribution in [2.24, 2.45) is 4.99 Å². The van der Waals surface area contributed by atoms with E-state index >= 15 is 0 Å². The standard InChI is InChI=1S/C29H34FNSSi/c1-19(2)33(20(3)4,21(5)6)32-25-15-16-28-24(17-25)18-29(31-28)23-13-11-22(12-14-23)26-9-7-8-10-27(26)30/h7-17,19-21H,18H2,1-6H3. The van der Waals surface area contributed by atoms with Crippen LogP contribution in [-0.2, 0) is 6.42 Å². The highest BCUT2D eigenvalue weighted by atomic mass is 32.4. The van der Waals surface area contributed by atoms with Crippen LogP contribution in [0.3, 0.4) is 0 Å². The molecule has 0 atom stereocenters. The molecule has 1 aliphatic heterocycles. The summed E-state index contributed by atoms with van der Waals surface area (Å²) in [6.07, 6.45) is 0.850. The topological polar surface area (TPSA) is 12.4 Å². The lowest BCUT2D eigenvalue weighted by Gasteiger charge is -2.42. The molecule has 0 radical (unpaired) electrons. The van der Waals surface area contributed by atoms with E-state index in [9.17, 15) is 4.39 Å². The van der Waals surface area contributed by atoms with Gasteiger partial charge in [-0.1, -0.05) is 84.0 Å². The van der Waals surface area contributed by atoms with Crippen LogP contribution in [0.15, 0.2) is 76.6 Å². The zero-order chi connectivity index (χ0) is 23.8. The fourth-order valence-electron chi connectivity index (χ4n) is 5.50. The second-order valence-electron chi connectivity index (χ2n) is 10.0. The van der Waals surface area contributed by atoms with Crippen LogP contribution in [0.5, 0.6) is 0 Å². The Balaban J connectivity index is 1.55. The molecule has 0 saturated heterocycles. The van der Waals surface area contributed by atoms with Crippen LogP contribution < -0.4 is 0 Å². The maximum atomic E-state index is 14.1. The summed E-state index contributed by atoms with van der Waals surface area (Å²) in [5.41, 5.74) is 8.27. The number of rotatable bonds is 7. The molecule has 0 spiro atoms. The monoisotopic (exact) mass is 475 g/mol. The van der Waals surface area contributed by atoms with Gasteiger partial charge in [0, 0.05) is 16.9 Å². The number of hydrogen-bond acceptors (Lipinski definition) is 2. The van der Waals surface area contributed by atoms with Gasteiger partial charge in [-0.05, 0) is 57.6 Å². The van der Waals surface area contributed by atoms with Gasteiger partial charge in [-0.3, -0.25) is 4.99 Å². The largest absolute Gasteiger partial charge is 0.252 e. The van der Waals surface area contributed by atoms with Crippen molar-refractivity contribution in [3.05, 3.63) is 83.7 Å². The Morgan fingerprint density at radius 3 is 2.00 bits per heavy atom. The zero-order valence-corrected chi connectivity index (χ0v) is 22.3. The molecule has 0 unspecified atom stereocenters. The van der Waals surface area contributed by atoms with Crippen LogP contribution in [0.1, 0.15) is 52.7 Å². The molecule has 4 heteroatoms. The maximum Gasteiger partial charge on any atom is 0.131 e. The molecule has 0 amide bonds. The molecule has 3 aromatic rings. The molecule has 0 aromatic heterocycles. The average Bonchev–Trinajstić information content (AvgIpc) is 3.20. The molecule has 0 fully saturated rings. The van der Waals surface area contributed by atoms with Crippen LogP contribution in [0.4, 0.5) is 10.1 Å². The van der Waals surface area contributed by atoms with Crippen molar-refractivity contribution < 1.29 is 4.39 Å². The highest BCUT2D eigenvalue weighted by Crippen LogP contribution is 2.52. The lowest BCUT2D eigenvalue weighted by molar-refractivity contribution is 0.631. The van der Waals surface area contributed by atoms with E-state index in [-0.39, 0.29) is 5.82 Å². The smallest absolute Gasteiger partial charge is 0.131 e. The van der Waals surface area contributed by atoms with Gasteiger partial charge in [0.25, 0.3) is 0 Å². The molecule has 172 valence electrons. The molecule has 4 rings (SSSR count). The van der Waals surface area contributed by atoms with Crippen LogP contribution in [0.25, 0.3) is 11.1 Å². The summed E-state index contributed by atoms with van der Waals surface area (Å²) in [6, 6.07) is 21.9. The number of hydrogen-bond donors (Lipinski definition) is 0. The van der Waals surface area contributed by atoms with Crippen molar-refractivity contribution in [2.45, 2.75) is 69.5 Å². The highest BCUT2D eigenvalue weighted by molar-refractivity contribution is 8.29. The van der Waals surface area contributed by atoms with Gasteiger partial charge in [0.2, 0.25) is 0 Å². The fourth-order valence-corrected chi connectivity index (χ4v) is 14.7. The van der Waals surface area contributed by atoms with Gasteiger partial charge in [0.05, 0.1) is 11.4 Å². The Bertz CT molecular complexity index is 1140. The first kappa shape index (κ1) is 24.0. The van der Waals surface area contributed by atoms with E-state index in [1.54, 1.807) is 6.07 Å². The second-order valence-corrected chi connectivity index (χ2v) is 18.6. The van der Waals surface area contributed by atoms with Crippen LogP contribution in [0.2, 0.25) is 16.6 Å². The van der Waals surface area contributed by atoms with E-state index in [1.807, 2.05) is 24.3 Å². The second kappa shape index (κ2) is 9.59. The van der Waals surface area contributed by atoms with E-state index in [4.69, 9.17) is 4.99 Å². The van der Waals surface area contributed by atoms with Gasteiger partial charge in [-0.15, -0.1) is 0 Å². The number of aliphatic imine (C=N–C) groups is 1. The summed E-state index contributed by atoms with van der Waals surface area (Å²) in [5.74, 6) is -0.190. The quantitative estimate of drug-likeness (QED) is 0.310. The molecule has 33 heavy (non-hydrogen) atoms. The molecular weight excluding hydrogens is 441 g/mol. The maximum absolute atomic E-state index is 14.1. The van der Waals surface area contributed by atoms with Gasteiger partial charge in [-0.25, -0.2) is 4.39 Å². The first-order chi connectivity index (χ1) is 15.7. The third kappa shape index (κ3) is 4.60. The summed E-state index contributed by atoms with van der Waals surface area (Å²) in [6.45, 7) is 14.5. The van der Waals surface area contributed by atoms with Crippen molar-refractivity contribution in [3.8, 4) is 11.1 Å². The van der Waals surface area contributed by atoms with E-state index in [0.29, 0.717) is 5.56 Å². The third-order valence-corrected chi connectivity index (χ3v) is 19.3. The lowest BCUT2D eigenvalue weighted by Crippen LogP contribution is -2.40. The van der Waals surface area contributed by atoms with Gasteiger partial charge < -0.3 is 0 Å². The number of halogens is 1. The van der Waals surface area contributed by atoms with E-state index < -0.39 is 7.22 Å². The van der Waals surface area contributed by atoms with Crippen molar-refractivity contribution in [3.63, 3.8) is 0 Å². The predicted molar refractivity (Wildman–Crippen MR) is 145 cm³/mol. The zero-order valence-electron chi connectivity index (χ0n) is 20.5. The highest BCUT2D eigenvalue weighted by Gasteiger charge is 2.44. The van der Waals surface area contributed by atoms with Crippen molar-refractivity contribution in [1.82, 2.24) is 0 Å². The fraction of sp³-hybridized carbons (Fsp3) is 0.345. The average molecular weight is 476 g/mol. The minimum atomic E-state index is -1.58. The number of benzene rings is 3. The molecule has 1 heterocycles. The predicted octanol–water partition coefficient (Wildman–Crippen LogP) is 9.44. The minimum absolute atomic E-state index is 0.190. The summed E-state index contributed by atoms with van der Waals surface area (Å²) in [4.78, 5) is 6.32. The van der Waals surface area contributed by atoms with Crippen LogP contribution >= 0.6 is 11.2 Å². The van der Waals surface area contributed by atoms with Crippen molar-refractivity contribution in [2.75, 3.05) is 0 Å². The van der Waals surface area contributed by atoms with Gasteiger partial charge >= 0.3 is 0 Å². The van der Waals surface area contributed by atoms with E-state index in [0.717, 1.165) is 45.6 Å². The summed E-state index contributed by atoms with van der Waals surface area (Å²) in [5, 5.41) is 0. The molecule has 0 saturated carbocycles. The van der Waals surface area contributed by atoms with E-state index in [1.165, 1.54) is 16.5 Å². The van der Waals surface area contributed by atoms with Crippen molar-refractivity contribution in [1.29, 1.82) is 0 Å². The Labute approximate surface area is 203 Å². The summed E-state index contributed by atoms with van der Waals surface area (Å²) in [7, 11) is -1.58. The molecule has 1 nitrogen and oxygen atoms in total. The minimum Gasteiger partial charge on any atom is -0.252 e. The molecule has 0 N–H and O–H groups in total. The van der Waals surface area contributed by atoms with Crippen LogP contribution in [-0.4, -0.2) is 12.9 Å². The van der Waals surface area contributed by atoms with Gasteiger partial charge in [0.1, 0.15) is 13.0 Å². The summed E-state index contributed by atoms with van der Waals surface area (Å²) < 4.78 is 14.1. The Hall–Kier alpha value is -2.17. The molecule has 3 aromatic carbocycles. The SMILES string of the molecule is CC(C)[Si](Sc1ccc2c(c1)CC(c1ccc(-c3ccccc3F)cc1)=N2)(C(C)C)C(C)C. The molecule has 0 aliphatic carbocycles. The Morgan fingerprint density at radius 1 is 0.788 bits per heavy atom. The van der Waals surface area contributed by atoms with E-state index in [2.05, 4.69) is 83.1 Å². The number of nitrogens with zero attached hydrogens (tertiary/aromatic N) is 1. The normalized spacial score (nSPS) is 13.7. The lowest BCUT2D eigenvalue weighted by atomic mass is 10.00. The molecule has 0 bridgehead atoms. The summed E-state index contributed by atoms with van der Waals surface area (Å²) >= 11 is 2.18. The molecular formula is C29H34FNSSi. The Kier molecular flexibility index (Phi) is 6.97. The van der Waals surface area contributed by atoms with Gasteiger partial charge in [-0.2, -0.15) is 11.2 Å².